The summed E-state index contributed by atoms with van der Waals surface area (Å²) in [6.07, 6.45) is 0.770. The van der Waals surface area contributed by atoms with Crippen LogP contribution in [0.1, 0.15) is 92.7 Å². The molecule has 48 heavy (non-hydrogen) atoms. The van der Waals surface area contributed by atoms with Crippen molar-refractivity contribution in [2.45, 2.75) is 123 Å². The van der Waals surface area contributed by atoms with E-state index in [0.29, 0.717) is 25.0 Å². The van der Waals surface area contributed by atoms with Gasteiger partial charge in [-0.25, -0.2) is 9.59 Å². The van der Waals surface area contributed by atoms with E-state index >= 15 is 0 Å². The first-order valence-electron chi connectivity index (χ1n) is 16.2. The molecule has 0 aliphatic rings. The van der Waals surface area contributed by atoms with Gasteiger partial charge in [0.05, 0.1) is 10.8 Å². The number of esters is 2. The SMILES string of the molecule is Cc1ccc(S(=O)(=O)OCCOc2ccc(CCCC(CC(NC(=O)OC(C)(C)C)C(=O)OC(C)(C)C)C(=O)OC(C)(C)C)cc2)cc1. The van der Waals surface area contributed by atoms with Crippen molar-refractivity contribution in [2.75, 3.05) is 13.2 Å². The first-order valence-corrected chi connectivity index (χ1v) is 17.6. The zero-order valence-electron chi connectivity index (χ0n) is 30.0. The molecule has 0 spiro atoms. The summed E-state index contributed by atoms with van der Waals surface area (Å²) in [7, 11) is -3.87. The van der Waals surface area contributed by atoms with E-state index in [1.165, 1.54) is 12.1 Å². The van der Waals surface area contributed by atoms with Crippen LogP contribution in [0.4, 0.5) is 4.79 Å². The molecule has 268 valence electrons. The number of aryl methyl sites for hydroxylation is 2. The predicted molar refractivity (Wildman–Crippen MR) is 182 cm³/mol. The summed E-state index contributed by atoms with van der Waals surface area (Å²) in [5.74, 6) is -1.31. The van der Waals surface area contributed by atoms with Crippen LogP contribution in [0.2, 0.25) is 0 Å². The molecule has 2 aromatic carbocycles. The van der Waals surface area contributed by atoms with E-state index in [4.69, 9.17) is 23.1 Å². The molecule has 0 saturated heterocycles. The van der Waals surface area contributed by atoms with Gasteiger partial charge in [-0.1, -0.05) is 29.8 Å². The van der Waals surface area contributed by atoms with Gasteiger partial charge in [-0.3, -0.25) is 8.98 Å². The molecule has 1 amide bonds. The summed E-state index contributed by atoms with van der Waals surface area (Å²) >= 11 is 0. The van der Waals surface area contributed by atoms with E-state index in [2.05, 4.69) is 5.32 Å². The van der Waals surface area contributed by atoms with E-state index in [1.807, 2.05) is 19.1 Å². The standard InChI is InChI=1S/C36H53NO10S/c1-25-14-20-29(21-15-25)48(41,42)44-23-22-43-28-18-16-26(17-19-28)12-11-13-27(31(38)45-34(2,3)4)24-30(32(39)46-35(5,6)7)37-33(40)47-36(8,9)10/h14-21,27,30H,11-13,22-24H2,1-10H3,(H,37,40). The van der Waals surface area contributed by atoms with Crippen molar-refractivity contribution in [2.24, 2.45) is 5.92 Å². The van der Waals surface area contributed by atoms with E-state index in [-0.39, 0.29) is 24.5 Å². The molecule has 0 heterocycles. The first kappa shape index (κ1) is 40.5. The number of carbonyl (C=O) groups excluding carboxylic acids is 3. The molecule has 2 rings (SSSR count). The second-order valence-electron chi connectivity index (χ2n) is 14.7. The summed E-state index contributed by atoms with van der Waals surface area (Å²) < 4.78 is 52.1. The minimum absolute atomic E-state index is 0.0302. The Kier molecular flexibility index (Phi) is 14.5. The van der Waals surface area contributed by atoms with Gasteiger partial charge in [-0.05, 0) is 125 Å². The quantitative estimate of drug-likeness (QED) is 0.0929. The highest BCUT2D eigenvalue weighted by Crippen LogP contribution is 2.24. The molecule has 2 aromatic rings. The average Bonchev–Trinajstić information content (AvgIpc) is 2.92. The van der Waals surface area contributed by atoms with Crippen LogP contribution in [0.5, 0.6) is 5.75 Å². The zero-order chi connectivity index (χ0) is 36.3. The molecule has 2 atom stereocenters. The molecule has 0 bridgehead atoms. The highest BCUT2D eigenvalue weighted by atomic mass is 32.2. The van der Waals surface area contributed by atoms with Crippen molar-refractivity contribution in [3.63, 3.8) is 0 Å². The van der Waals surface area contributed by atoms with E-state index in [9.17, 15) is 22.8 Å². The van der Waals surface area contributed by atoms with Crippen LogP contribution in [-0.4, -0.2) is 62.5 Å². The molecule has 0 saturated carbocycles. The Morgan fingerprint density at radius 2 is 1.27 bits per heavy atom. The minimum atomic E-state index is -3.87. The molecule has 0 aromatic heterocycles. The lowest BCUT2D eigenvalue weighted by Gasteiger charge is -2.29. The van der Waals surface area contributed by atoms with Gasteiger partial charge < -0.3 is 24.3 Å². The summed E-state index contributed by atoms with van der Waals surface area (Å²) in [6.45, 7) is 17.4. The van der Waals surface area contributed by atoms with Gasteiger partial charge in [0.25, 0.3) is 10.1 Å². The zero-order valence-corrected chi connectivity index (χ0v) is 30.8. The Bertz CT molecular complexity index is 1450. The lowest BCUT2D eigenvalue weighted by atomic mass is 9.92. The molecule has 11 nitrogen and oxygen atoms in total. The smallest absolute Gasteiger partial charge is 0.408 e. The largest absolute Gasteiger partial charge is 0.491 e. The minimum Gasteiger partial charge on any atom is -0.491 e. The third kappa shape index (κ3) is 16.0. The molecule has 0 aliphatic carbocycles. The molecule has 0 aliphatic heterocycles. The van der Waals surface area contributed by atoms with Gasteiger partial charge in [-0.2, -0.15) is 8.42 Å². The molecular weight excluding hydrogens is 638 g/mol. The average molecular weight is 692 g/mol. The monoisotopic (exact) mass is 691 g/mol. The molecule has 0 radical (unpaired) electrons. The van der Waals surface area contributed by atoms with Crippen molar-refractivity contribution in [3.8, 4) is 5.75 Å². The lowest BCUT2D eigenvalue weighted by Crippen LogP contribution is -2.47. The Balaban J connectivity index is 2.02. The number of amides is 1. The first-order chi connectivity index (χ1) is 22.0. The Hall–Kier alpha value is -3.64. The van der Waals surface area contributed by atoms with Gasteiger partial charge in [0, 0.05) is 0 Å². The maximum Gasteiger partial charge on any atom is 0.408 e. The Morgan fingerprint density at radius 3 is 1.81 bits per heavy atom. The summed E-state index contributed by atoms with van der Waals surface area (Å²) in [5.41, 5.74) is -0.415. The van der Waals surface area contributed by atoms with E-state index < -0.39 is 56.9 Å². The van der Waals surface area contributed by atoms with Crippen molar-refractivity contribution in [1.82, 2.24) is 5.32 Å². The number of rotatable bonds is 15. The Labute approximate surface area is 286 Å². The van der Waals surface area contributed by atoms with Crippen LogP contribution in [0, 0.1) is 12.8 Å². The van der Waals surface area contributed by atoms with Crippen LogP contribution in [0.3, 0.4) is 0 Å². The second-order valence-corrected chi connectivity index (χ2v) is 16.3. The third-order valence-electron chi connectivity index (χ3n) is 6.48. The van der Waals surface area contributed by atoms with Crippen LogP contribution in [0.25, 0.3) is 0 Å². The molecule has 12 heteroatoms. The molecule has 1 N–H and O–H groups in total. The highest BCUT2D eigenvalue weighted by Gasteiger charge is 2.34. The fraction of sp³-hybridized carbons (Fsp3) is 0.583. The summed E-state index contributed by atoms with van der Waals surface area (Å²) in [5, 5.41) is 2.60. The van der Waals surface area contributed by atoms with Crippen LogP contribution >= 0.6 is 0 Å². The fourth-order valence-electron chi connectivity index (χ4n) is 4.42. The number of hydrogen-bond acceptors (Lipinski definition) is 10. The summed E-state index contributed by atoms with van der Waals surface area (Å²) in [6, 6.07) is 12.6. The van der Waals surface area contributed by atoms with Gasteiger partial charge in [0.15, 0.2) is 0 Å². The maximum absolute atomic E-state index is 13.3. The number of nitrogens with one attached hydrogen (secondary N) is 1. The number of ether oxygens (including phenoxy) is 4. The Morgan fingerprint density at radius 1 is 0.729 bits per heavy atom. The van der Waals surface area contributed by atoms with Gasteiger partial charge in [0.1, 0.15) is 41.8 Å². The maximum atomic E-state index is 13.3. The molecule has 0 fully saturated rings. The highest BCUT2D eigenvalue weighted by molar-refractivity contribution is 7.86. The van der Waals surface area contributed by atoms with Crippen LogP contribution in [0.15, 0.2) is 53.4 Å². The fourth-order valence-corrected chi connectivity index (χ4v) is 5.31. The van der Waals surface area contributed by atoms with Crippen molar-refractivity contribution in [1.29, 1.82) is 0 Å². The molecule has 2 unspecified atom stereocenters. The van der Waals surface area contributed by atoms with E-state index in [0.717, 1.165) is 11.1 Å². The number of hydrogen-bond donors (Lipinski definition) is 1. The lowest BCUT2D eigenvalue weighted by molar-refractivity contribution is -0.163. The van der Waals surface area contributed by atoms with Crippen LogP contribution in [-0.2, 0) is 44.5 Å². The van der Waals surface area contributed by atoms with Gasteiger partial charge in [0.2, 0.25) is 0 Å². The van der Waals surface area contributed by atoms with Crippen molar-refractivity contribution < 1.29 is 45.9 Å². The van der Waals surface area contributed by atoms with Crippen molar-refractivity contribution >= 4 is 28.1 Å². The van der Waals surface area contributed by atoms with Crippen LogP contribution < -0.4 is 10.1 Å². The number of alkyl carbamates (subject to hydrolysis) is 1. The number of carbonyl (C=O) groups is 3. The van der Waals surface area contributed by atoms with Gasteiger partial charge in [-0.15, -0.1) is 0 Å². The third-order valence-corrected chi connectivity index (χ3v) is 7.81. The van der Waals surface area contributed by atoms with Gasteiger partial charge >= 0.3 is 18.0 Å². The predicted octanol–water partition coefficient (Wildman–Crippen LogP) is 6.69. The second kappa shape index (κ2) is 17.1. The van der Waals surface area contributed by atoms with Crippen molar-refractivity contribution in [3.05, 3.63) is 59.7 Å². The summed E-state index contributed by atoms with van der Waals surface area (Å²) in [4.78, 5) is 39.2. The normalized spacial score (nSPS) is 13.6. The number of benzene rings is 2. The van der Waals surface area contributed by atoms with E-state index in [1.54, 1.807) is 86.6 Å². The topological polar surface area (TPSA) is 144 Å². The molecular formula is C36H53NO10S.